The molecular weight excluding hydrogens is 200 g/mol. The van der Waals surface area contributed by atoms with Crippen LogP contribution in [0.25, 0.3) is 0 Å². The predicted octanol–water partition coefficient (Wildman–Crippen LogP) is -0.0899. The summed E-state index contributed by atoms with van der Waals surface area (Å²) in [5.74, 6) is 0.159. The van der Waals surface area contributed by atoms with E-state index in [2.05, 4.69) is 4.37 Å². The van der Waals surface area contributed by atoms with Crippen LogP contribution in [0.15, 0.2) is 6.07 Å². The Bertz CT molecular complexity index is 406. The van der Waals surface area contributed by atoms with Crippen molar-refractivity contribution in [2.24, 2.45) is 0 Å². The molecule has 1 aromatic heterocycles. The molecule has 0 radical (unpaired) electrons. The summed E-state index contributed by atoms with van der Waals surface area (Å²) in [6, 6.07) is 1.24. The van der Waals surface area contributed by atoms with Crippen LogP contribution in [0.1, 0.15) is 9.67 Å². The van der Waals surface area contributed by atoms with Crippen LogP contribution in [-0.4, -0.2) is 24.2 Å². The Morgan fingerprint density at radius 1 is 1.67 bits per heavy atom. The molecule has 0 bridgehead atoms. The first-order chi connectivity index (χ1) is 5.41. The topological polar surface area (TPSA) is 90.1 Å². The lowest BCUT2D eigenvalue weighted by atomic mass is 10.5. The standard InChI is InChI=1S/C5H6N2O3S2/c1-12(9,10)5(8)3-2-4(6)7-11-3/h2H,1H3,(H2,6,7). The Kier molecular flexibility index (Phi) is 2.16. The second kappa shape index (κ2) is 2.83. The Balaban J connectivity index is 3.10. The van der Waals surface area contributed by atoms with Crippen LogP contribution in [-0.2, 0) is 9.84 Å². The SMILES string of the molecule is CS(=O)(=O)C(=O)c1cc(N)ns1. The van der Waals surface area contributed by atoms with Crippen molar-refractivity contribution in [3.05, 3.63) is 10.9 Å². The zero-order valence-corrected chi connectivity index (χ0v) is 7.78. The van der Waals surface area contributed by atoms with Gasteiger partial charge in [0, 0.05) is 12.3 Å². The second-order valence-electron chi connectivity index (χ2n) is 2.18. The van der Waals surface area contributed by atoms with E-state index in [0.29, 0.717) is 0 Å². The van der Waals surface area contributed by atoms with E-state index in [1.165, 1.54) is 6.07 Å². The molecule has 1 heterocycles. The lowest BCUT2D eigenvalue weighted by Gasteiger charge is -1.89. The molecule has 0 spiro atoms. The summed E-state index contributed by atoms with van der Waals surface area (Å²) in [4.78, 5) is 11.1. The molecule has 0 unspecified atom stereocenters. The first-order valence-corrected chi connectivity index (χ1v) is 5.54. The lowest BCUT2D eigenvalue weighted by molar-refractivity contribution is 0.108. The molecule has 5 nitrogen and oxygen atoms in total. The molecule has 12 heavy (non-hydrogen) atoms. The highest BCUT2D eigenvalue weighted by atomic mass is 32.2. The van der Waals surface area contributed by atoms with Gasteiger partial charge in [0.15, 0.2) is 0 Å². The quantitative estimate of drug-likeness (QED) is 0.693. The van der Waals surface area contributed by atoms with Crippen molar-refractivity contribution in [3.8, 4) is 0 Å². The van der Waals surface area contributed by atoms with Gasteiger partial charge in [-0.3, -0.25) is 4.79 Å². The normalized spacial score (nSPS) is 11.4. The molecule has 1 aromatic rings. The summed E-state index contributed by atoms with van der Waals surface area (Å²) in [5, 5.41) is -0.934. The van der Waals surface area contributed by atoms with Gasteiger partial charge in [-0.05, 0) is 11.5 Å². The average molecular weight is 206 g/mol. The van der Waals surface area contributed by atoms with Crippen molar-refractivity contribution in [2.45, 2.75) is 0 Å². The van der Waals surface area contributed by atoms with Gasteiger partial charge in [0.2, 0.25) is 9.84 Å². The van der Waals surface area contributed by atoms with Crippen LogP contribution in [0.5, 0.6) is 0 Å². The minimum atomic E-state index is -3.67. The maximum atomic E-state index is 11.0. The van der Waals surface area contributed by atoms with E-state index in [-0.39, 0.29) is 10.7 Å². The highest BCUT2D eigenvalue weighted by Gasteiger charge is 2.20. The van der Waals surface area contributed by atoms with Gasteiger partial charge in [0.05, 0.1) is 0 Å². The number of carbonyl (C=O) groups excluding carboxylic acids is 1. The van der Waals surface area contributed by atoms with E-state index in [4.69, 9.17) is 5.73 Å². The van der Waals surface area contributed by atoms with Gasteiger partial charge in [0.1, 0.15) is 10.7 Å². The molecule has 0 saturated heterocycles. The molecule has 2 N–H and O–H groups in total. The molecule has 0 aliphatic rings. The zero-order valence-electron chi connectivity index (χ0n) is 6.14. The van der Waals surface area contributed by atoms with E-state index in [0.717, 1.165) is 17.8 Å². The third kappa shape index (κ3) is 1.80. The summed E-state index contributed by atoms with van der Waals surface area (Å²) in [6.07, 6.45) is 0.852. The molecule has 7 heteroatoms. The van der Waals surface area contributed by atoms with Crippen LogP contribution in [0.3, 0.4) is 0 Å². The number of nitrogens with two attached hydrogens (primary N) is 1. The number of hydrogen-bond donors (Lipinski definition) is 1. The van der Waals surface area contributed by atoms with E-state index in [1.54, 1.807) is 0 Å². The van der Waals surface area contributed by atoms with E-state index in [1.807, 2.05) is 0 Å². The van der Waals surface area contributed by atoms with Crippen molar-refractivity contribution in [1.82, 2.24) is 4.37 Å². The smallest absolute Gasteiger partial charge is 0.287 e. The monoisotopic (exact) mass is 206 g/mol. The highest BCUT2D eigenvalue weighted by molar-refractivity contribution is 8.06. The minimum Gasteiger partial charge on any atom is -0.383 e. The third-order valence-electron chi connectivity index (χ3n) is 1.07. The van der Waals surface area contributed by atoms with Crippen LogP contribution in [0.4, 0.5) is 5.82 Å². The average Bonchev–Trinajstić information content (AvgIpc) is 2.32. The molecule has 0 amide bonds. The molecule has 0 saturated carbocycles. The van der Waals surface area contributed by atoms with Crippen molar-refractivity contribution in [3.63, 3.8) is 0 Å². The van der Waals surface area contributed by atoms with Gasteiger partial charge in [0.25, 0.3) is 5.12 Å². The number of hydrogen-bond acceptors (Lipinski definition) is 6. The molecule has 0 aliphatic heterocycles. The Morgan fingerprint density at radius 3 is 2.58 bits per heavy atom. The van der Waals surface area contributed by atoms with Crippen molar-refractivity contribution in [1.29, 1.82) is 0 Å². The number of nitrogen functional groups attached to an aromatic ring is 1. The van der Waals surface area contributed by atoms with Gasteiger partial charge in [-0.15, -0.1) is 0 Å². The summed E-state index contributed by atoms with van der Waals surface area (Å²) in [7, 11) is -3.67. The van der Waals surface area contributed by atoms with Crippen LogP contribution in [0.2, 0.25) is 0 Å². The maximum absolute atomic E-state index is 11.0. The van der Waals surface area contributed by atoms with Gasteiger partial charge in [-0.1, -0.05) is 0 Å². The minimum absolute atomic E-state index is 0.0509. The summed E-state index contributed by atoms with van der Waals surface area (Å²) in [6.45, 7) is 0. The number of rotatable bonds is 1. The van der Waals surface area contributed by atoms with Crippen LogP contribution in [0, 0.1) is 0 Å². The third-order valence-corrected chi connectivity index (χ3v) is 2.89. The molecule has 0 atom stereocenters. The number of anilines is 1. The first-order valence-electron chi connectivity index (χ1n) is 2.88. The van der Waals surface area contributed by atoms with Crippen molar-refractivity contribution < 1.29 is 13.2 Å². The van der Waals surface area contributed by atoms with Crippen LogP contribution < -0.4 is 5.73 Å². The fraction of sp³-hybridized carbons (Fsp3) is 0.200. The van der Waals surface area contributed by atoms with Gasteiger partial charge >= 0.3 is 0 Å². The molecule has 1 rings (SSSR count). The molecular formula is C5H6N2O3S2. The molecule has 0 aliphatic carbocycles. The summed E-state index contributed by atoms with van der Waals surface area (Å²) < 4.78 is 25.0. The van der Waals surface area contributed by atoms with Gasteiger partial charge in [-0.2, -0.15) is 4.37 Å². The zero-order chi connectivity index (χ0) is 9.35. The number of carbonyl (C=O) groups is 1. The van der Waals surface area contributed by atoms with Gasteiger partial charge in [-0.25, -0.2) is 8.42 Å². The number of sulfone groups is 1. The highest BCUT2D eigenvalue weighted by Crippen LogP contribution is 2.14. The Hall–Kier alpha value is -0.950. The van der Waals surface area contributed by atoms with E-state index in [9.17, 15) is 13.2 Å². The summed E-state index contributed by atoms with van der Waals surface area (Å²) >= 11 is 0.781. The Labute approximate surface area is 73.3 Å². The molecule has 0 aromatic carbocycles. The largest absolute Gasteiger partial charge is 0.383 e. The van der Waals surface area contributed by atoms with Crippen molar-refractivity contribution >= 4 is 32.3 Å². The fourth-order valence-electron chi connectivity index (χ4n) is 0.568. The first kappa shape index (κ1) is 9.14. The molecule has 66 valence electrons. The summed E-state index contributed by atoms with van der Waals surface area (Å²) in [5.41, 5.74) is 5.21. The number of aromatic nitrogens is 1. The second-order valence-corrected chi connectivity index (χ2v) is 4.90. The maximum Gasteiger partial charge on any atom is 0.287 e. The lowest BCUT2D eigenvalue weighted by Crippen LogP contribution is -2.10. The fourth-order valence-corrected chi connectivity index (χ4v) is 2.06. The predicted molar refractivity (Wildman–Crippen MR) is 45.7 cm³/mol. The van der Waals surface area contributed by atoms with E-state index < -0.39 is 15.0 Å². The number of nitrogens with zero attached hydrogens (tertiary/aromatic N) is 1. The van der Waals surface area contributed by atoms with Crippen LogP contribution >= 0.6 is 11.5 Å². The van der Waals surface area contributed by atoms with E-state index >= 15 is 0 Å². The van der Waals surface area contributed by atoms with Gasteiger partial charge < -0.3 is 5.73 Å². The molecule has 0 fully saturated rings. The Morgan fingerprint density at radius 2 is 2.25 bits per heavy atom. The van der Waals surface area contributed by atoms with Crippen molar-refractivity contribution in [2.75, 3.05) is 12.0 Å².